The molecule has 344 valence electrons. The highest BCUT2D eigenvalue weighted by Gasteiger charge is 2.68. The maximum absolute atomic E-state index is 13.6. The largest absolute Gasteiger partial charge is 0.497 e. The number of amides is 5. The quantitative estimate of drug-likeness (QED) is 0.0528. The Balaban J connectivity index is 0.965. The summed E-state index contributed by atoms with van der Waals surface area (Å²) in [6.45, 7) is 12.3. The zero-order valence-electron chi connectivity index (χ0n) is 37.7. The Labute approximate surface area is 372 Å². The molecule has 5 fully saturated rings. The SMILES string of the molecule is CCCCc1ccc(-c2ccc(C(=O)N[C@H]3CN[C@H](C(=O)N[C@H](C(=O)N[C@@H](C)C(=O)N[C@@H](CCCCN)C(=O)N[C@@H](N)B4OC5C[C@@H]6C[C@@H](C6(C)C)[C@]5(C)O4)[C@@H](C)O)C3)cc2)cc1. The van der Waals surface area contributed by atoms with Gasteiger partial charge >= 0.3 is 7.12 Å². The van der Waals surface area contributed by atoms with E-state index >= 15 is 0 Å². The Morgan fingerprint density at radius 3 is 2.19 bits per heavy atom. The van der Waals surface area contributed by atoms with Crippen molar-refractivity contribution in [1.29, 1.82) is 0 Å². The van der Waals surface area contributed by atoms with Gasteiger partial charge in [0.05, 0.1) is 23.9 Å². The first kappa shape index (κ1) is 48.1. The van der Waals surface area contributed by atoms with E-state index in [1.165, 1.54) is 19.4 Å². The molecule has 0 spiro atoms. The van der Waals surface area contributed by atoms with Crippen LogP contribution in [0.1, 0.15) is 109 Å². The average molecular weight is 873 g/mol. The third kappa shape index (κ3) is 11.1. The number of benzene rings is 2. The van der Waals surface area contributed by atoms with Gasteiger partial charge < -0.3 is 57.8 Å². The molecule has 11 N–H and O–H groups in total. The maximum Gasteiger partial charge on any atom is 0.497 e. The van der Waals surface area contributed by atoms with E-state index in [0.29, 0.717) is 43.3 Å². The summed E-state index contributed by atoms with van der Waals surface area (Å²) in [6, 6.07) is 10.2. The first-order valence-electron chi connectivity index (χ1n) is 22.9. The Bertz CT molecular complexity index is 1940. The van der Waals surface area contributed by atoms with E-state index in [-0.39, 0.29) is 36.3 Å². The molecule has 1 unspecified atom stereocenters. The number of unbranched alkanes of at least 4 members (excludes halogenated alkanes) is 2. The highest BCUT2D eigenvalue weighted by Crippen LogP contribution is 2.65. The molecule has 0 aromatic heterocycles. The Kier molecular flexibility index (Phi) is 15.7. The standard InChI is InChI=1S/C46H69BN8O8/c1-7-8-11-28-13-15-29(16-14-28)30-17-19-31(20-18-30)40(58)52-33-24-35(50-25-33)42(60)54-38(27(3)56)43(61)51-26(2)39(57)53-34(12-9-10-21-48)41(59)55-44(49)47-62-37-23-32-22-36(45(32,4)5)46(37,6)63-47/h13-20,26-27,32-38,44,50,56H,7-12,21-25,48-49H2,1-6H3,(H,51,61)(H,52,58)(H,53,57)(H,54,60)(H,55,59)/t26-,27+,32-,33+,34-,35-,36-,37?,38-,44+,46-/m0/s1. The van der Waals surface area contributed by atoms with E-state index in [1.807, 2.05) is 12.1 Å². The molecule has 63 heavy (non-hydrogen) atoms. The van der Waals surface area contributed by atoms with E-state index in [4.69, 9.17) is 20.8 Å². The predicted octanol–water partition coefficient (Wildman–Crippen LogP) is 1.81. The Morgan fingerprint density at radius 1 is 0.873 bits per heavy atom. The van der Waals surface area contributed by atoms with Crippen LogP contribution in [0, 0.1) is 17.3 Å². The number of nitrogens with two attached hydrogens (primary N) is 2. The number of nitrogens with one attached hydrogen (secondary N) is 6. The molecule has 16 nitrogen and oxygen atoms in total. The fourth-order valence-corrected chi connectivity index (χ4v) is 9.84. The van der Waals surface area contributed by atoms with Crippen LogP contribution >= 0.6 is 0 Å². The molecule has 2 aliphatic heterocycles. The molecule has 2 aromatic carbocycles. The van der Waals surface area contributed by atoms with Crippen molar-refractivity contribution in [1.82, 2.24) is 31.9 Å². The van der Waals surface area contributed by atoms with Gasteiger partial charge in [0, 0.05) is 18.2 Å². The first-order valence-corrected chi connectivity index (χ1v) is 22.9. The molecule has 7 rings (SSSR count). The second kappa shape index (κ2) is 20.6. The Morgan fingerprint density at radius 2 is 1.56 bits per heavy atom. The minimum absolute atomic E-state index is 0.125. The average Bonchev–Trinajstić information content (AvgIpc) is 3.88. The number of aryl methyl sites for hydroxylation is 1. The van der Waals surface area contributed by atoms with Crippen LogP contribution in [0.5, 0.6) is 0 Å². The van der Waals surface area contributed by atoms with Crippen molar-refractivity contribution in [2.45, 2.75) is 153 Å². The van der Waals surface area contributed by atoms with E-state index in [9.17, 15) is 29.1 Å². The molecule has 5 aliphatic rings. The van der Waals surface area contributed by atoms with Crippen molar-refractivity contribution < 1.29 is 38.4 Å². The van der Waals surface area contributed by atoms with Crippen LogP contribution in [0.15, 0.2) is 48.5 Å². The summed E-state index contributed by atoms with van der Waals surface area (Å²) >= 11 is 0. The summed E-state index contributed by atoms with van der Waals surface area (Å²) in [7, 11) is -0.859. The number of rotatable bonds is 20. The number of aliphatic hydroxyl groups excluding tert-OH is 1. The maximum atomic E-state index is 13.6. The third-order valence-electron chi connectivity index (χ3n) is 14.0. The topological polar surface area (TPSA) is 248 Å². The van der Waals surface area contributed by atoms with Gasteiger partial charge in [-0.15, -0.1) is 0 Å². The summed E-state index contributed by atoms with van der Waals surface area (Å²) in [5.41, 5.74) is 15.6. The molecular formula is C46H69BN8O8. The van der Waals surface area contributed by atoms with Gasteiger partial charge in [0.25, 0.3) is 5.91 Å². The molecule has 2 aromatic rings. The second-order valence-electron chi connectivity index (χ2n) is 18.9. The van der Waals surface area contributed by atoms with Crippen molar-refractivity contribution in [2.24, 2.45) is 28.7 Å². The lowest BCUT2D eigenvalue weighted by atomic mass is 9.43. The zero-order valence-corrected chi connectivity index (χ0v) is 37.7. The molecular weight excluding hydrogens is 803 g/mol. The van der Waals surface area contributed by atoms with Crippen molar-refractivity contribution in [3.05, 3.63) is 59.7 Å². The lowest BCUT2D eigenvalue weighted by Gasteiger charge is -2.64. The zero-order chi connectivity index (χ0) is 45.6. The van der Waals surface area contributed by atoms with Crippen LogP contribution in [0.25, 0.3) is 11.1 Å². The van der Waals surface area contributed by atoms with E-state index in [2.05, 4.69) is 83.9 Å². The summed E-state index contributed by atoms with van der Waals surface area (Å²) in [6.07, 6.45) is 5.51. The molecule has 5 amide bonds. The fraction of sp³-hybridized carbons (Fsp3) is 0.630. The van der Waals surface area contributed by atoms with Gasteiger partial charge in [0.1, 0.15) is 24.2 Å². The molecule has 2 bridgehead atoms. The minimum Gasteiger partial charge on any atom is -0.403 e. The highest BCUT2D eigenvalue weighted by molar-refractivity contribution is 6.47. The number of hydrogen-bond donors (Lipinski definition) is 9. The fourth-order valence-electron chi connectivity index (χ4n) is 9.84. The van der Waals surface area contributed by atoms with Crippen LogP contribution in [-0.4, -0.2) is 109 Å². The number of hydrogen-bond acceptors (Lipinski definition) is 11. The number of aliphatic hydroxyl groups is 1. The van der Waals surface area contributed by atoms with Crippen molar-refractivity contribution in [2.75, 3.05) is 13.1 Å². The lowest BCUT2D eigenvalue weighted by Crippen LogP contribution is -2.65. The molecule has 3 aliphatic carbocycles. The van der Waals surface area contributed by atoms with E-state index in [0.717, 1.165) is 43.2 Å². The highest BCUT2D eigenvalue weighted by atomic mass is 16.7. The van der Waals surface area contributed by atoms with E-state index < -0.39 is 72.7 Å². The molecule has 3 saturated carbocycles. The molecule has 11 atom stereocenters. The smallest absolute Gasteiger partial charge is 0.403 e. The third-order valence-corrected chi connectivity index (χ3v) is 14.0. The van der Waals surface area contributed by atoms with Gasteiger partial charge in [-0.25, -0.2) is 0 Å². The van der Waals surface area contributed by atoms with Gasteiger partial charge in [0.2, 0.25) is 23.6 Å². The monoisotopic (exact) mass is 873 g/mol. The molecule has 17 heteroatoms. The summed E-state index contributed by atoms with van der Waals surface area (Å²) in [4.78, 5) is 67.0. The molecule has 0 radical (unpaired) electrons. The summed E-state index contributed by atoms with van der Waals surface area (Å²) in [5.74, 6) is -1.95. The summed E-state index contributed by atoms with van der Waals surface area (Å²) < 4.78 is 12.7. The molecule has 2 saturated heterocycles. The van der Waals surface area contributed by atoms with Gasteiger partial charge in [-0.2, -0.15) is 0 Å². The normalized spacial score (nSPS) is 26.8. The van der Waals surface area contributed by atoms with Gasteiger partial charge in [-0.05, 0) is 125 Å². The van der Waals surface area contributed by atoms with Gasteiger partial charge in [0.15, 0.2) is 0 Å². The predicted molar refractivity (Wildman–Crippen MR) is 240 cm³/mol. The van der Waals surface area contributed by atoms with Crippen molar-refractivity contribution in [3.8, 4) is 11.1 Å². The van der Waals surface area contributed by atoms with Crippen LogP contribution in [0.3, 0.4) is 0 Å². The second-order valence-corrected chi connectivity index (χ2v) is 18.9. The number of carbonyl (C=O) groups is 5. The van der Waals surface area contributed by atoms with Crippen LogP contribution in [0.4, 0.5) is 0 Å². The van der Waals surface area contributed by atoms with Gasteiger partial charge in [-0.1, -0.05) is 63.6 Å². The summed E-state index contributed by atoms with van der Waals surface area (Å²) in [5, 5.41) is 27.3. The van der Waals surface area contributed by atoms with Crippen LogP contribution in [0.2, 0.25) is 0 Å². The first-order chi connectivity index (χ1) is 29.9. The molecule has 2 heterocycles. The Hall–Kier alpha value is -4.39. The lowest BCUT2D eigenvalue weighted by molar-refractivity contribution is -0.199. The van der Waals surface area contributed by atoms with Crippen molar-refractivity contribution >= 4 is 36.7 Å². The number of carbonyl (C=O) groups excluding carboxylic acids is 5. The van der Waals surface area contributed by atoms with E-state index in [1.54, 1.807) is 12.1 Å². The van der Waals surface area contributed by atoms with Crippen molar-refractivity contribution in [3.63, 3.8) is 0 Å². The van der Waals surface area contributed by atoms with Gasteiger partial charge in [-0.3, -0.25) is 24.0 Å². The van der Waals surface area contributed by atoms with Crippen LogP contribution < -0.4 is 43.4 Å². The minimum atomic E-state index is -1.40. The van der Waals surface area contributed by atoms with Crippen LogP contribution in [-0.2, 0) is 34.9 Å².